The largest absolute Gasteiger partial charge is 0.493 e. The van der Waals surface area contributed by atoms with Gasteiger partial charge in [0.15, 0.2) is 29.1 Å². The molecule has 28 heteroatoms. The Hall–Kier alpha value is -8.32. The maximum Gasteiger partial charge on any atom is 0.414 e. The molecular formula is C67H84N6O22. The lowest BCUT2D eigenvalue weighted by Gasteiger charge is -2.38. The van der Waals surface area contributed by atoms with E-state index in [0.29, 0.717) is 108 Å². The molecule has 28 nitrogen and oxygen atoms in total. The Morgan fingerprint density at radius 2 is 1.26 bits per heavy atom. The Labute approximate surface area is 549 Å². The second kappa shape index (κ2) is 32.4. The van der Waals surface area contributed by atoms with Crippen molar-refractivity contribution < 1.29 is 106 Å². The molecule has 0 aromatic heterocycles. The first-order valence-electron chi connectivity index (χ1n) is 31.9. The highest BCUT2D eigenvalue weighted by Crippen LogP contribution is 2.56. The molecule has 2 saturated heterocycles. The van der Waals surface area contributed by atoms with Crippen LogP contribution < -0.4 is 44.5 Å². The van der Waals surface area contributed by atoms with Crippen LogP contribution in [0.2, 0.25) is 0 Å². The van der Waals surface area contributed by atoms with E-state index in [1.165, 1.54) is 48.3 Å². The SMILES string of the molecule is C=CCOC(=O)N1C[C@@H]2Cc3ccccc3CN2C(=O)c2cc(OC)c(OCCCCCOc3cc4c(cc3OC)C(=O)N3CC5(CC5)C[C@H]3CN4C(=O)OCc3ccc(O[C@@H]4O[C@H](C(=O)O)[C@@H](O)[C@H](O)[C@H]4O)c(NC(=O)CCOCCOCCOCCOCCN)c3)cc21. The van der Waals surface area contributed by atoms with Crippen molar-refractivity contribution >= 4 is 52.9 Å². The van der Waals surface area contributed by atoms with Crippen molar-refractivity contribution in [2.24, 2.45) is 11.1 Å². The van der Waals surface area contributed by atoms with E-state index in [4.69, 9.17) is 62.6 Å². The minimum Gasteiger partial charge on any atom is -0.493 e. The highest BCUT2D eigenvalue weighted by atomic mass is 16.7. The molecule has 1 aliphatic carbocycles. The Kier molecular flexibility index (Phi) is 23.7. The number of aliphatic hydroxyl groups is 3. The summed E-state index contributed by atoms with van der Waals surface area (Å²) in [6.45, 7) is 7.70. The van der Waals surface area contributed by atoms with Crippen LogP contribution in [-0.4, -0.2) is 222 Å². The second-order valence-corrected chi connectivity index (χ2v) is 24.0. The lowest BCUT2D eigenvalue weighted by Crippen LogP contribution is -2.61. The van der Waals surface area contributed by atoms with Gasteiger partial charge in [-0.3, -0.25) is 24.2 Å². The minimum absolute atomic E-state index is 0.0179. The summed E-state index contributed by atoms with van der Waals surface area (Å²) in [5, 5.41) is 44.1. The van der Waals surface area contributed by atoms with E-state index in [9.17, 15) is 49.2 Å². The molecule has 5 amide bonds. The Morgan fingerprint density at radius 3 is 1.86 bits per heavy atom. The number of hydrogen-bond acceptors (Lipinski definition) is 22. The summed E-state index contributed by atoms with van der Waals surface area (Å²) < 4.78 is 68.9. The standard InChI is InChI=1S/C67H84N6O22/c1-4-18-92-65(82)71-37-44-30-42-10-6-7-11-43(42)36-70(44)61(78)46-31-52(84-2)54(33-49(46)71)90-19-8-5-9-20-91-55-34-50-47(32-53(55)85-3)62(79)73-40-67(15-16-67)35-45(73)38-72(50)66(83)93-39-41-12-13-51(94-64-59(77)57(75)58(76)60(95-64)63(80)81)48(29-41)69-56(74)14-21-86-23-25-88-27-28-89-26-24-87-22-17-68/h4,6-7,10-13,29,31-34,44-45,57-60,64,75-77H,1,5,8-9,14-28,30,35-40,68H2,2-3H3,(H,69,74)(H,80,81)/t44-,45-,57-,58-,59+,60-,64+/m0/s1. The number of rotatable bonds is 32. The molecular weight excluding hydrogens is 1240 g/mol. The molecule has 0 unspecified atom stereocenters. The van der Waals surface area contributed by atoms with Crippen LogP contribution in [0, 0.1) is 5.41 Å². The summed E-state index contributed by atoms with van der Waals surface area (Å²) in [6.07, 6.45) is -4.87. The van der Waals surface area contributed by atoms with E-state index >= 15 is 0 Å². The normalized spacial score (nSPS) is 21.4. The van der Waals surface area contributed by atoms with Gasteiger partial charge in [0.2, 0.25) is 12.2 Å². The first-order chi connectivity index (χ1) is 46.0. The van der Waals surface area contributed by atoms with Gasteiger partial charge in [0, 0.05) is 38.3 Å². The van der Waals surface area contributed by atoms with E-state index < -0.39 is 54.8 Å². The molecule has 4 aromatic carbocycles. The second-order valence-electron chi connectivity index (χ2n) is 24.0. The summed E-state index contributed by atoms with van der Waals surface area (Å²) in [7, 11) is 2.95. The fraction of sp³-hybridized carbons (Fsp3) is 0.522. The molecule has 95 heavy (non-hydrogen) atoms. The topological polar surface area (TPSA) is 345 Å². The molecule has 4 aromatic rings. The molecule has 5 heterocycles. The van der Waals surface area contributed by atoms with Crippen molar-refractivity contribution in [2.75, 3.05) is 128 Å². The van der Waals surface area contributed by atoms with Crippen LogP contribution in [0.4, 0.5) is 26.7 Å². The first kappa shape index (κ1) is 69.5. The Morgan fingerprint density at radius 1 is 0.674 bits per heavy atom. The van der Waals surface area contributed by atoms with Gasteiger partial charge in [-0.2, -0.15) is 0 Å². The Balaban J connectivity index is 0.788. The van der Waals surface area contributed by atoms with E-state index in [-0.39, 0.29) is 135 Å². The van der Waals surface area contributed by atoms with Crippen LogP contribution in [0.15, 0.2) is 79.4 Å². The number of ether oxygens (including phenoxy) is 12. The number of aliphatic carboxylic acids is 1. The highest BCUT2D eigenvalue weighted by molar-refractivity contribution is 6.07. The van der Waals surface area contributed by atoms with E-state index in [0.717, 1.165) is 24.0 Å². The molecule has 10 rings (SSSR count). The number of nitrogens with one attached hydrogen (secondary N) is 1. The van der Waals surface area contributed by atoms with E-state index in [1.54, 1.807) is 29.2 Å². The average molecular weight is 1330 g/mol. The van der Waals surface area contributed by atoms with Crippen LogP contribution in [-0.2, 0) is 62.3 Å². The van der Waals surface area contributed by atoms with Crippen LogP contribution >= 0.6 is 0 Å². The number of benzene rings is 4. The van der Waals surface area contributed by atoms with Crippen molar-refractivity contribution in [3.63, 3.8) is 0 Å². The third-order valence-corrected chi connectivity index (χ3v) is 17.5. The quantitative estimate of drug-likeness (QED) is 0.0282. The predicted molar refractivity (Wildman–Crippen MR) is 339 cm³/mol. The molecule has 3 fully saturated rings. The number of carboxylic acids is 1. The minimum atomic E-state index is -1.99. The van der Waals surface area contributed by atoms with Gasteiger partial charge in [-0.15, -0.1) is 0 Å². The molecule has 0 radical (unpaired) electrons. The summed E-state index contributed by atoms with van der Waals surface area (Å²) >= 11 is 0. The van der Waals surface area contributed by atoms with Crippen molar-refractivity contribution in [2.45, 2.75) is 107 Å². The number of fused-ring (bicyclic) bond motifs is 5. The number of nitrogens with zero attached hydrogens (tertiary/aromatic N) is 4. The Bertz CT molecular complexity index is 3390. The zero-order valence-electron chi connectivity index (χ0n) is 53.4. The summed E-state index contributed by atoms with van der Waals surface area (Å²) in [6, 6.07) is 18.0. The van der Waals surface area contributed by atoms with E-state index in [1.807, 2.05) is 29.2 Å². The van der Waals surface area contributed by atoms with Crippen molar-refractivity contribution in [1.29, 1.82) is 0 Å². The molecule has 1 spiro atoms. The van der Waals surface area contributed by atoms with Crippen molar-refractivity contribution in [3.8, 4) is 28.7 Å². The number of nitrogens with two attached hydrogens (primary N) is 1. The molecule has 1 saturated carbocycles. The number of aliphatic hydroxyl groups excluding tert-OH is 3. The van der Waals surface area contributed by atoms with Crippen molar-refractivity contribution in [3.05, 3.63) is 107 Å². The lowest BCUT2D eigenvalue weighted by atomic mass is 9.93. The highest BCUT2D eigenvalue weighted by Gasteiger charge is 2.55. The van der Waals surface area contributed by atoms with Gasteiger partial charge >= 0.3 is 18.2 Å². The number of carbonyl (C=O) groups is 6. The summed E-state index contributed by atoms with van der Waals surface area (Å²) in [5.41, 5.74) is 8.92. The van der Waals surface area contributed by atoms with Crippen LogP contribution in [0.3, 0.4) is 0 Å². The summed E-state index contributed by atoms with van der Waals surface area (Å²) in [4.78, 5) is 89.2. The number of unbranched alkanes of at least 4 members (excludes halogenated alkanes) is 2. The number of methoxy groups -OCH3 is 2. The zero-order chi connectivity index (χ0) is 67.2. The number of carboxylic acid groups (broad SMARTS) is 1. The smallest absolute Gasteiger partial charge is 0.414 e. The van der Waals surface area contributed by atoms with Gasteiger partial charge in [0.05, 0.1) is 134 Å². The van der Waals surface area contributed by atoms with Gasteiger partial charge in [0.1, 0.15) is 37.3 Å². The molecule has 5 aliphatic heterocycles. The number of amides is 5. The molecule has 0 bridgehead atoms. The predicted octanol–water partition coefficient (Wildman–Crippen LogP) is 4.82. The van der Waals surface area contributed by atoms with Gasteiger partial charge in [-0.25, -0.2) is 14.4 Å². The van der Waals surface area contributed by atoms with Gasteiger partial charge in [0.25, 0.3) is 11.8 Å². The third-order valence-electron chi connectivity index (χ3n) is 17.5. The summed E-state index contributed by atoms with van der Waals surface area (Å²) in [5.74, 6) is -1.63. The fourth-order valence-corrected chi connectivity index (χ4v) is 12.3. The number of anilines is 3. The van der Waals surface area contributed by atoms with E-state index in [2.05, 4.69) is 11.9 Å². The van der Waals surface area contributed by atoms with Gasteiger partial charge in [-0.05, 0) is 91.3 Å². The average Bonchev–Trinajstić information content (AvgIpc) is 1.58. The molecule has 7 atom stereocenters. The lowest BCUT2D eigenvalue weighted by molar-refractivity contribution is -0.271. The fourth-order valence-electron chi connectivity index (χ4n) is 12.3. The van der Waals surface area contributed by atoms with Crippen LogP contribution in [0.25, 0.3) is 0 Å². The van der Waals surface area contributed by atoms with Crippen molar-refractivity contribution in [1.82, 2.24) is 9.80 Å². The molecule has 6 aliphatic rings. The zero-order valence-corrected chi connectivity index (χ0v) is 53.4. The van der Waals surface area contributed by atoms with Gasteiger partial charge < -0.3 is 98.1 Å². The number of carbonyl (C=O) groups excluding carboxylic acids is 5. The maximum atomic E-state index is 14.7. The molecule has 7 N–H and O–H groups in total. The molecule has 514 valence electrons. The number of hydrogen-bond donors (Lipinski definition) is 6. The van der Waals surface area contributed by atoms with Crippen LogP contribution in [0.1, 0.15) is 82.4 Å². The van der Waals surface area contributed by atoms with Gasteiger partial charge in [-0.1, -0.05) is 43.0 Å². The third kappa shape index (κ3) is 16.9. The first-order valence-corrected chi connectivity index (χ1v) is 31.9. The maximum absolute atomic E-state index is 14.7. The monoisotopic (exact) mass is 1320 g/mol. The van der Waals surface area contributed by atoms with Crippen LogP contribution in [0.5, 0.6) is 28.7 Å².